The van der Waals surface area contributed by atoms with Crippen LogP contribution in [0.15, 0.2) is 18.3 Å². The van der Waals surface area contributed by atoms with Gasteiger partial charge in [-0.05, 0) is 5.56 Å². The summed E-state index contributed by atoms with van der Waals surface area (Å²) in [6, 6.07) is 1.14. The third-order valence-electron chi connectivity index (χ3n) is 1.44. The number of hydrogen-bond donors (Lipinski definition) is 1. The van der Waals surface area contributed by atoms with Crippen LogP contribution in [0.5, 0.6) is 0 Å². The molecule has 0 spiro atoms. The van der Waals surface area contributed by atoms with Gasteiger partial charge in [-0.3, -0.25) is 4.79 Å². The molecule has 0 aliphatic rings. The van der Waals surface area contributed by atoms with E-state index in [-0.39, 0.29) is 11.4 Å². The molecule has 0 radical (unpaired) electrons. The first-order valence-electron chi connectivity index (χ1n) is 3.79. The summed E-state index contributed by atoms with van der Waals surface area (Å²) < 4.78 is 12.6. The number of carboxylic acid groups (broad SMARTS) is 1. The van der Waals surface area contributed by atoms with Gasteiger partial charge in [0.1, 0.15) is 0 Å². The minimum atomic E-state index is -0.952. The molecule has 0 amide bonds. The molecule has 1 aromatic rings. The second kappa shape index (κ2) is 4.72. The molecule has 0 aromatic carbocycles. The summed E-state index contributed by atoms with van der Waals surface area (Å²) >= 11 is 5.68. The zero-order chi connectivity index (χ0) is 10.6. The van der Waals surface area contributed by atoms with E-state index < -0.39 is 11.9 Å². The Labute approximate surface area is 84.8 Å². The molecule has 3 nitrogen and oxygen atoms in total. The third-order valence-corrected chi connectivity index (χ3v) is 1.76. The van der Waals surface area contributed by atoms with Crippen LogP contribution in [-0.2, 0) is 4.79 Å². The van der Waals surface area contributed by atoms with Crippen molar-refractivity contribution >= 4 is 23.6 Å². The normalized spacial score (nSPS) is 10.7. The fourth-order valence-electron chi connectivity index (χ4n) is 0.842. The number of rotatable bonds is 3. The van der Waals surface area contributed by atoms with Crippen molar-refractivity contribution in [1.29, 1.82) is 0 Å². The molecule has 1 heterocycles. The van der Waals surface area contributed by atoms with Crippen molar-refractivity contribution in [2.45, 2.75) is 6.42 Å². The first-order valence-corrected chi connectivity index (χ1v) is 4.17. The molecule has 0 saturated carbocycles. The molecule has 0 aliphatic carbocycles. The second-order valence-electron chi connectivity index (χ2n) is 2.53. The van der Waals surface area contributed by atoms with E-state index in [2.05, 4.69) is 4.98 Å². The highest BCUT2D eigenvalue weighted by Crippen LogP contribution is 2.16. The highest BCUT2D eigenvalue weighted by molar-refractivity contribution is 6.31. The molecule has 0 aliphatic heterocycles. The number of carboxylic acids is 1. The van der Waals surface area contributed by atoms with Crippen molar-refractivity contribution in [1.82, 2.24) is 4.98 Å². The Morgan fingerprint density at radius 1 is 1.71 bits per heavy atom. The molecule has 74 valence electrons. The molecule has 0 bridgehead atoms. The van der Waals surface area contributed by atoms with Crippen molar-refractivity contribution in [2.24, 2.45) is 0 Å². The summed E-state index contributed by atoms with van der Waals surface area (Å²) in [6.45, 7) is 0. The maximum absolute atomic E-state index is 12.6. The van der Waals surface area contributed by atoms with Gasteiger partial charge in [0.05, 0.1) is 11.4 Å². The van der Waals surface area contributed by atoms with E-state index in [1.165, 1.54) is 18.3 Å². The standard InChI is InChI=1S/C9H7ClFNO2/c10-7-5-12-8(11)4-6(7)2-1-3-9(13)14/h1-2,4-5H,3H2,(H,13,14). The Kier molecular flexibility index (Phi) is 3.59. The fraction of sp³-hybridized carbons (Fsp3) is 0.111. The molecular weight excluding hydrogens is 209 g/mol. The summed E-state index contributed by atoms with van der Waals surface area (Å²) in [5, 5.41) is 8.63. The van der Waals surface area contributed by atoms with Crippen molar-refractivity contribution in [3.8, 4) is 0 Å². The van der Waals surface area contributed by atoms with Crippen LogP contribution >= 0.6 is 11.6 Å². The summed E-state index contributed by atoms with van der Waals surface area (Å²) in [5.74, 6) is -1.60. The number of hydrogen-bond acceptors (Lipinski definition) is 2. The first kappa shape index (κ1) is 10.7. The van der Waals surface area contributed by atoms with Gasteiger partial charge in [0.2, 0.25) is 5.95 Å². The maximum atomic E-state index is 12.6. The number of pyridine rings is 1. The van der Waals surface area contributed by atoms with E-state index in [1.807, 2.05) is 0 Å². The number of aliphatic carboxylic acids is 1. The van der Waals surface area contributed by atoms with Crippen LogP contribution in [0, 0.1) is 5.95 Å². The second-order valence-corrected chi connectivity index (χ2v) is 2.94. The van der Waals surface area contributed by atoms with Crippen LogP contribution in [0.25, 0.3) is 6.08 Å². The van der Waals surface area contributed by atoms with Crippen molar-refractivity contribution in [3.63, 3.8) is 0 Å². The van der Waals surface area contributed by atoms with Gasteiger partial charge in [-0.15, -0.1) is 0 Å². The third kappa shape index (κ3) is 3.14. The van der Waals surface area contributed by atoms with Gasteiger partial charge in [-0.2, -0.15) is 4.39 Å². The van der Waals surface area contributed by atoms with Gasteiger partial charge in [-0.1, -0.05) is 23.8 Å². The van der Waals surface area contributed by atoms with E-state index in [0.29, 0.717) is 5.56 Å². The van der Waals surface area contributed by atoms with Crippen LogP contribution in [0.3, 0.4) is 0 Å². The Bertz CT molecular complexity index is 379. The summed E-state index contributed by atoms with van der Waals surface area (Å²) in [7, 11) is 0. The maximum Gasteiger partial charge on any atom is 0.307 e. The lowest BCUT2D eigenvalue weighted by atomic mass is 10.2. The molecule has 1 N–H and O–H groups in total. The van der Waals surface area contributed by atoms with Crippen molar-refractivity contribution in [2.75, 3.05) is 0 Å². The van der Waals surface area contributed by atoms with Crippen molar-refractivity contribution < 1.29 is 14.3 Å². The average Bonchev–Trinajstić information content (AvgIpc) is 2.10. The van der Waals surface area contributed by atoms with Gasteiger partial charge in [-0.25, -0.2) is 4.98 Å². The highest BCUT2D eigenvalue weighted by Gasteiger charge is 1.99. The highest BCUT2D eigenvalue weighted by atomic mass is 35.5. The van der Waals surface area contributed by atoms with Gasteiger partial charge in [0.25, 0.3) is 0 Å². The number of aromatic nitrogens is 1. The molecule has 0 fully saturated rings. The first-order chi connectivity index (χ1) is 6.59. The fourth-order valence-corrected chi connectivity index (χ4v) is 1.01. The predicted molar refractivity (Wildman–Crippen MR) is 50.5 cm³/mol. The topological polar surface area (TPSA) is 50.2 Å². The zero-order valence-electron chi connectivity index (χ0n) is 7.08. The Morgan fingerprint density at radius 2 is 2.43 bits per heavy atom. The quantitative estimate of drug-likeness (QED) is 0.788. The number of halogens is 2. The predicted octanol–water partition coefficient (Wildman–Crippen LogP) is 2.36. The number of carbonyl (C=O) groups is 1. The van der Waals surface area contributed by atoms with E-state index >= 15 is 0 Å². The average molecular weight is 216 g/mol. The van der Waals surface area contributed by atoms with Gasteiger partial charge < -0.3 is 5.11 Å². The van der Waals surface area contributed by atoms with Crippen LogP contribution in [0.2, 0.25) is 5.02 Å². The lowest BCUT2D eigenvalue weighted by Gasteiger charge is -1.96. The SMILES string of the molecule is O=C(O)CC=Cc1cc(F)ncc1Cl. The lowest BCUT2D eigenvalue weighted by Crippen LogP contribution is -1.90. The van der Waals surface area contributed by atoms with Gasteiger partial charge >= 0.3 is 5.97 Å². The van der Waals surface area contributed by atoms with E-state index in [4.69, 9.17) is 16.7 Å². The summed E-state index contributed by atoms with van der Waals surface area (Å²) in [4.78, 5) is 13.5. The Hall–Kier alpha value is -1.42. The molecule has 1 aromatic heterocycles. The smallest absolute Gasteiger partial charge is 0.307 e. The molecule has 0 atom stereocenters. The molecule has 5 heteroatoms. The summed E-state index contributed by atoms with van der Waals surface area (Å²) in [6.07, 6.45) is 3.89. The molecule has 0 saturated heterocycles. The van der Waals surface area contributed by atoms with Crippen LogP contribution in [-0.4, -0.2) is 16.1 Å². The largest absolute Gasteiger partial charge is 0.481 e. The van der Waals surface area contributed by atoms with Crippen molar-refractivity contribution in [3.05, 3.63) is 34.9 Å². The van der Waals surface area contributed by atoms with Crippen LogP contribution in [0.4, 0.5) is 4.39 Å². The van der Waals surface area contributed by atoms with Crippen LogP contribution in [0.1, 0.15) is 12.0 Å². The molecule has 0 unspecified atom stereocenters. The van der Waals surface area contributed by atoms with E-state index in [9.17, 15) is 9.18 Å². The molecular formula is C9H7ClFNO2. The lowest BCUT2D eigenvalue weighted by molar-refractivity contribution is -0.135. The van der Waals surface area contributed by atoms with Gasteiger partial charge in [0, 0.05) is 12.3 Å². The van der Waals surface area contributed by atoms with Gasteiger partial charge in [0.15, 0.2) is 0 Å². The van der Waals surface area contributed by atoms with E-state index in [1.54, 1.807) is 0 Å². The van der Waals surface area contributed by atoms with E-state index in [0.717, 1.165) is 6.07 Å². The summed E-state index contributed by atoms with van der Waals surface area (Å²) in [5.41, 5.74) is 0.417. The van der Waals surface area contributed by atoms with Crippen LogP contribution < -0.4 is 0 Å². The zero-order valence-corrected chi connectivity index (χ0v) is 7.83. The molecule has 14 heavy (non-hydrogen) atoms. The Morgan fingerprint density at radius 3 is 3.07 bits per heavy atom. The minimum absolute atomic E-state index is 0.125. The molecule has 1 rings (SSSR count). The number of nitrogens with zero attached hydrogens (tertiary/aromatic N) is 1. The Balaban J connectivity index is 2.80. The monoisotopic (exact) mass is 215 g/mol. The minimum Gasteiger partial charge on any atom is -0.481 e.